The highest BCUT2D eigenvalue weighted by Crippen LogP contribution is 2.13. The molecule has 2 unspecified atom stereocenters. The molecule has 58 valence electrons. The maximum atomic E-state index is 11.1. The summed E-state index contributed by atoms with van der Waals surface area (Å²) in [4.78, 5) is 11.1. The van der Waals surface area contributed by atoms with E-state index in [0.29, 0.717) is 18.1 Å². The van der Waals surface area contributed by atoms with E-state index in [4.69, 9.17) is 0 Å². The molecule has 0 amide bonds. The van der Waals surface area contributed by atoms with Crippen LogP contribution in [0.3, 0.4) is 0 Å². The van der Waals surface area contributed by atoms with Gasteiger partial charge >= 0.3 is 0 Å². The zero-order valence-electron chi connectivity index (χ0n) is 6.68. The lowest BCUT2D eigenvalue weighted by molar-refractivity contribution is -0.120. The summed E-state index contributed by atoms with van der Waals surface area (Å²) in [5, 5.41) is 3.21. The first-order valence-electron chi connectivity index (χ1n) is 4.00. The first kappa shape index (κ1) is 7.73. The minimum absolute atomic E-state index is 0.167. The molecule has 2 heteroatoms. The Kier molecular flexibility index (Phi) is 2.44. The van der Waals surface area contributed by atoms with Crippen LogP contribution in [-0.2, 0) is 4.79 Å². The summed E-state index contributed by atoms with van der Waals surface area (Å²) in [6.07, 6.45) is 1.71. The lowest BCUT2D eigenvalue weighted by atomic mass is 10.0. The van der Waals surface area contributed by atoms with E-state index in [2.05, 4.69) is 12.2 Å². The Labute approximate surface area is 62.0 Å². The van der Waals surface area contributed by atoms with E-state index >= 15 is 0 Å². The SMILES string of the molecule is CCC(=O)C1CC(C)CN1. The highest BCUT2D eigenvalue weighted by atomic mass is 16.1. The number of carbonyl (C=O) groups excluding carboxylic acids is 1. The van der Waals surface area contributed by atoms with Gasteiger partial charge in [-0.1, -0.05) is 13.8 Å². The van der Waals surface area contributed by atoms with Crippen molar-refractivity contribution in [2.75, 3.05) is 6.54 Å². The van der Waals surface area contributed by atoms with Gasteiger partial charge in [-0.05, 0) is 18.9 Å². The zero-order chi connectivity index (χ0) is 7.56. The van der Waals surface area contributed by atoms with Gasteiger partial charge in [0.15, 0.2) is 0 Å². The van der Waals surface area contributed by atoms with Crippen LogP contribution in [0.4, 0.5) is 0 Å². The summed E-state index contributed by atoms with van der Waals surface area (Å²) >= 11 is 0. The molecule has 1 rings (SSSR count). The number of Topliss-reactive ketones (excluding diaryl/α,β-unsaturated/α-hetero) is 1. The van der Waals surface area contributed by atoms with Gasteiger partial charge in [0.25, 0.3) is 0 Å². The van der Waals surface area contributed by atoms with Gasteiger partial charge in [0.2, 0.25) is 0 Å². The minimum Gasteiger partial charge on any atom is -0.307 e. The molecule has 0 radical (unpaired) electrons. The van der Waals surface area contributed by atoms with Crippen LogP contribution in [0.5, 0.6) is 0 Å². The Bertz CT molecular complexity index is 133. The first-order valence-corrected chi connectivity index (χ1v) is 4.00. The predicted molar refractivity (Wildman–Crippen MR) is 40.9 cm³/mol. The molecule has 0 aromatic carbocycles. The molecule has 1 N–H and O–H groups in total. The van der Waals surface area contributed by atoms with Gasteiger partial charge in [-0.3, -0.25) is 4.79 Å². The summed E-state index contributed by atoms with van der Waals surface area (Å²) in [5.74, 6) is 1.05. The Balaban J connectivity index is 2.37. The summed E-state index contributed by atoms with van der Waals surface area (Å²) < 4.78 is 0. The van der Waals surface area contributed by atoms with Crippen LogP contribution in [0.1, 0.15) is 26.7 Å². The van der Waals surface area contributed by atoms with Gasteiger partial charge in [-0.25, -0.2) is 0 Å². The third-order valence-electron chi connectivity index (χ3n) is 2.09. The van der Waals surface area contributed by atoms with E-state index in [0.717, 1.165) is 13.0 Å². The topological polar surface area (TPSA) is 29.1 Å². The van der Waals surface area contributed by atoms with Crippen LogP contribution >= 0.6 is 0 Å². The summed E-state index contributed by atoms with van der Waals surface area (Å²) in [6.45, 7) is 5.11. The van der Waals surface area contributed by atoms with E-state index in [-0.39, 0.29) is 6.04 Å². The molecule has 1 fully saturated rings. The highest BCUT2D eigenvalue weighted by Gasteiger charge is 2.24. The molecular weight excluding hydrogens is 126 g/mol. The van der Waals surface area contributed by atoms with E-state index in [1.165, 1.54) is 0 Å². The number of hydrogen-bond donors (Lipinski definition) is 1. The van der Waals surface area contributed by atoms with E-state index < -0.39 is 0 Å². The molecule has 0 aromatic heterocycles. The molecule has 0 aliphatic carbocycles. The van der Waals surface area contributed by atoms with E-state index in [9.17, 15) is 4.79 Å². The van der Waals surface area contributed by atoms with Gasteiger partial charge < -0.3 is 5.32 Å². The molecule has 0 saturated carbocycles. The largest absolute Gasteiger partial charge is 0.307 e. The van der Waals surface area contributed by atoms with Gasteiger partial charge in [-0.2, -0.15) is 0 Å². The smallest absolute Gasteiger partial charge is 0.149 e. The Morgan fingerprint density at radius 2 is 2.40 bits per heavy atom. The maximum Gasteiger partial charge on any atom is 0.149 e. The summed E-state index contributed by atoms with van der Waals surface area (Å²) in [5.41, 5.74) is 0. The Hall–Kier alpha value is -0.370. The zero-order valence-corrected chi connectivity index (χ0v) is 6.68. The fraction of sp³-hybridized carbons (Fsp3) is 0.875. The van der Waals surface area contributed by atoms with Crippen molar-refractivity contribution in [3.63, 3.8) is 0 Å². The van der Waals surface area contributed by atoms with Gasteiger partial charge in [0, 0.05) is 6.42 Å². The number of ketones is 1. The van der Waals surface area contributed by atoms with Crippen LogP contribution in [0.25, 0.3) is 0 Å². The number of nitrogens with one attached hydrogen (secondary N) is 1. The molecule has 0 spiro atoms. The average molecular weight is 141 g/mol. The molecule has 10 heavy (non-hydrogen) atoms. The monoisotopic (exact) mass is 141 g/mol. The van der Waals surface area contributed by atoms with Crippen LogP contribution in [0.2, 0.25) is 0 Å². The third-order valence-corrected chi connectivity index (χ3v) is 2.09. The lowest BCUT2D eigenvalue weighted by Crippen LogP contribution is -2.29. The van der Waals surface area contributed by atoms with Crippen molar-refractivity contribution >= 4 is 5.78 Å². The number of hydrogen-bond acceptors (Lipinski definition) is 2. The second-order valence-corrected chi connectivity index (χ2v) is 3.12. The third kappa shape index (κ3) is 1.57. The van der Waals surface area contributed by atoms with Crippen molar-refractivity contribution in [3.05, 3.63) is 0 Å². The molecule has 1 saturated heterocycles. The van der Waals surface area contributed by atoms with Gasteiger partial charge in [0.1, 0.15) is 5.78 Å². The summed E-state index contributed by atoms with van der Waals surface area (Å²) in [6, 6.07) is 0.167. The first-order chi connectivity index (χ1) is 4.74. The van der Waals surface area contributed by atoms with E-state index in [1.54, 1.807) is 0 Å². The van der Waals surface area contributed by atoms with Crippen LogP contribution in [-0.4, -0.2) is 18.4 Å². The number of rotatable bonds is 2. The minimum atomic E-state index is 0.167. The lowest BCUT2D eigenvalue weighted by Gasteiger charge is -2.05. The molecule has 0 bridgehead atoms. The van der Waals surface area contributed by atoms with Crippen LogP contribution in [0.15, 0.2) is 0 Å². The normalized spacial score (nSPS) is 32.6. The fourth-order valence-corrected chi connectivity index (χ4v) is 1.40. The standard InChI is InChI=1S/C8H15NO/c1-3-8(10)7-4-6(2)5-9-7/h6-7,9H,3-5H2,1-2H3. The molecule has 1 aliphatic rings. The molecule has 1 heterocycles. The van der Waals surface area contributed by atoms with Crippen LogP contribution in [0, 0.1) is 5.92 Å². The van der Waals surface area contributed by atoms with Crippen molar-refractivity contribution in [2.45, 2.75) is 32.7 Å². The van der Waals surface area contributed by atoms with Crippen LogP contribution < -0.4 is 5.32 Å². The van der Waals surface area contributed by atoms with Crippen molar-refractivity contribution in [1.29, 1.82) is 0 Å². The van der Waals surface area contributed by atoms with Gasteiger partial charge in [0.05, 0.1) is 6.04 Å². The molecule has 2 nitrogen and oxygen atoms in total. The number of carbonyl (C=O) groups is 1. The summed E-state index contributed by atoms with van der Waals surface area (Å²) in [7, 11) is 0. The van der Waals surface area contributed by atoms with Gasteiger partial charge in [-0.15, -0.1) is 0 Å². The Morgan fingerprint density at radius 3 is 2.80 bits per heavy atom. The van der Waals surface area contributed by atoms with Crippen molar-refractivity contribution < 1.29 is 4.79 Å². The van der Waals surface area contributed by atoms with Crippen molar-refractivity contribution in [1.82, 2.24) is 5.32 Å². The predicted octanol–water partition coefficient (Wildman–Crippen LogP) is 0.964. The highest BCUT2D eigenvalue weighted by molar-refractivity contribution is 5.83. The molecule has 2 atom stereocenters. The second-order valence-electron chi connectivity index (χ2n) is 3.12. The average Bonchev–Trinajstić information content (AvgIpc) is 2.34. The second kappa shape index (κ2) is 3.15. The molecular formula is C8H15NO. The van der Waals surface area contributed by atoms with E-state index in [1.807, 2.05) is 6.92 Å². The van der Waals surface area contributed by atoms with Crippen molar-refractivity contribution in [3.8, 4) is 0 Å². The Morgan fingerprint density at radius 1 is 1.70 bits per heavy atom. The maximum absolute atomic E-state index is 11.1. The fourth-order valence-electron chi connectivity index (χ4n) is 1.40. The quantitative estimate of drug-likeness (QED) is 0.620. The molecule has 0 aromatic rings. The van der Waals surface area contributed by atoms with Crippen molar-refractivity contribution in [2.24, 2.45) is 5.92 Å². The molecule has 1 aliphatic heterocycles.